The number of nitrogens with one attached hydrogen (secondary N) is 1. The van der Waals surface area contributed by atoms with Gasteiger partial charge in [0.05, 0.1) is 5.39 Å². The van der Waals surface area contributed by atoms with E-state index >= 15 is 0 Å². The second-order valence-electron chi connectivity index (χ2n) is 4.72. The van der Waals surface area contributed by atoms with E-state index < -0.39 is 5.82 Å². The number of thiophene rings is 1. The third-order valence-electron chi connectivity index (χ3n) is 3.34. The highest BCUT2D eigenvalue weighted by Crippen LogP contribution is 2.34. The van der Waals surface area contributed by atoms with Gasteiger partial charge in [0.1, 0.15) is 16.3 Å². The number of pyridine rings is 1. The minimum absolute atomic E-state index is 0.183. The second-order valence-corrected chi connectivity index (χ2v) is 5.93. The molecule has 0 aliphatic rings. The number of hydrogen-bond donors (Lipinski definition) is 1. The Bertz CT molecular complexity index is 813. The Morgan fingerprint density at radius 1 is 1.29 bits per heavy atom. The van der Waals surface area contributed by atoms with Gasteiger partial charge in [0.25, 0.3) is 0 Å². The molecular formula is C15H15FN4S. The monoisotopic (exact) mass is 302 g/mol. The van der Waals surface area contributed by atoms with Crippen LogP contribution < -0.4 is 5.32 Å². The fourth-order valence-electron chi connectivity index (χ4n) is 2.20. The number of anilines is 1. The lowest BCUT2D eigenvalue weighted by Gasteiger charge is -2.08. The predicted octanol–water partition coefficient (Wildman–Crippen LogP) is 3.94. The van der Waals surface area contributed by atoms with E-state index in [4.69, 9.17) is 0 Å². The molecule has 0 unspecified atom stereocenters. The zero-order valence-electron chi connectivity index (χ0n) is 12.1. The molecule has 0 atom stereocenters. The van der Waals surface area contributed by atoms with Crippen LogP contribution in [0.2, 0.25) is 0 Å². The third-order valence-corrected chi connectivity index (χ3v) is 4.44. The van der Waals surface area contributed by atoms with Crippen LogP contribution in [0.3, 0.4) is 0 Å². The molecule has 21 heavy (non-hydrogen) atoms. The summed E-state index contributed by atoms with van der Waals surface area (Å²) in [5.74, 6) is 0.645. The van der Waals surface area contributed by atoms with Crippen LogP contribution >= 0.6 is 11.3 Å². The highest BCUT2D eigenvalue weighted by atomic mass is 32.1. The topological polar surface area (TPSA) is 50.7 Å². The molecule has 0 spiro atoms. The number of nitrogens with zero attached hydrogens (tertiary/aromatic N) is 3. The first-order valence-electron chi connectivity index (χ1n) is 6.74. The molecule has 1 N–H and O–H groups in total. The largest absolute Gasteiger partial charge is 0.370 e. The minimum Gasteiger partial charge on any atom is -0.370 e. The summed E-state index contributed by atoms with van der Waals surface area (Å²) in [6.07, 6.45) is 1.55. The third kappa shape index (κ3) is 2.35. The molecule has 3 aromatic rings. The van der Waals surface area contributed by atoms with Crippen LogP contribution in [0.4, 0.5) is 10.2 Å². The van der Waals surface area contributed by atoms with Crippen LogP contribution in [-0.4, -0.2) is 21.5 Å². The van der Waals surface area contributed by atoms with E-state index in [9.17, 15) is 4.39 Å². The smallest absolute Gasteiger partial charge is 0.184 e. The molecule has 0 aliphatic heterocycles. The summed E-state index contributed by atoms with van der Waals surface area (Å²) in [5.41, 5.74) is 1.35. The quantitative estimate of drug-likeness (QED) is 0.796. The van der Waals surface area contributed by atoms with Crippen LogP contribution in [0.1, 0.15) is 17.4 Å². The average molecular weight is 302 g/mol. The van der Waals surface area contributed by atoms with Crippen molar-refractivity contribution in [3.8, 4) is 11.5 Å². The molecule has 0 saturated heterocycles. The number of aromatic nitrogens is 3. The van der Waals surface area contributed by atoms with Gasteiger partial charge in [0, 0.05) is 17.6 Å². The number of fused-ring (bicyclic) bond motifs is 1. The van der Waals surface area contributed by atoms with Crippen molar-refractivity contribution >= 4 is 27.4 Å². The van der Waals surface area contributed by atoms with Gasteiger partial charge in [-0.1, -0.05) is 0 Å². The fraction of sp³-hybridized carbons (Fsp3) is 0.267. The van der Waals surface area contributed by atoms with Crippen LogP contribution in [0.25, 0.3) is 21.7 Å². The summed E-state index contributed by atoms with van der Waals surface area (Å²) in [7, 11) is 0. The van der Waals surface area contributed by atoms with Crippen molar-refractivity contribution in [2.24, 2.45) is 0 Å². The van der Waals surface area contributed by atoms with Crippen molar-refractivity contribution < 1.29 is 4.39 Å². The van der Waals surface area contributed by atoms with Crippen LogP contribution in [-0.2, 0) is 0 Å². The lowest BCUT2D eigenvalue weighted by Crippen LogP contribution is -2.03. The van der Waals surface area contributed by atoms with E-state index in [0.29, 0.717) is 5.82 Å². The Balaban J connectivity index is 2.29. The number of hydrogen-bond acceptors (Lipinski definition) is 5. The van der Waals surface area contributed by atoms with Gasteiger partial charge in [-0.3, -0.25) is 0 Å². The molecule has 0 radical (unpaired) electrons. The maximum Gasteiger partial charge on any atom is 0.184 e. The molecule has 108 valence electrons. The first-order chi connectivity index (χ1) is 10.1. The highest BCUT2D eigenvalue weighted by Gasteiger charge is 2.17. The molecule has 0 saturated carbocycles. The van der Waals surface area contributed by atoms with Crippen LogP contribution in [0, 0.1) is 19.7 Å². The van der Waals surface area contributed by atoms with Gasteiger partial charge in [-0.05, 0) is 38.5 Å². The van der Waals surface area contributed by atoms with Crippen molar-refractivity contribution in [3.05, 3.63) is 34.6 Å². The first-order valence-corrected chi connectivity index (χ1v) is 7.56. The lowest BCUT2D eigenvalue weighted by molar-refractivity contribution is 0.624. The van der Waals surface area contributed by atoms with Crippen molar-refractivity contribution in [2.45, 2.75) is 20.8 Å². The van der Waals surface area contributed by atoms with Crippen LogP contribution in [0.5, 0.6) is 0 Å². The molecule has 6 heteroatoms. The molecule has 3 heterocycles. The van der Waals surface area contributed by atoms with Gasteiger partial charge in [0.15, 0.2) is 11.6 Å². The SMILES string of the molecule is CCNc1nc(-c2ncccc2F)nc2sc(C)c(C)c12. The van der Waals surface area contributed by atoms with Crippen molar-refractivity contribution in [1.82, 2.24) is 15.0 Å². The van der Waals surface area contributed by atoms with E-state index in [0.717, 1.165) is 22.6 Å². The van der Waals surface area contributed by atoms with Gasteiger partial charge in [-0.2, -0.15) is 0 Å². The molecular weight excluding hydrogens is 287 g/mol. The van der Waals surface area contributed by atoms with E-state index in [1.807, 2.05) is 6.92 Å². The predicted molar refractivity (Wildman–Crippen MR) is 84.2 cm³/mol. The Kier molecular flexibility index (Phi) is 3.55. The van der Waals surface area contributed by atoms with Crippen molar-refractivity contribution in [2.75, 3.05) is 11.9 Å². The molecule has 0 aliphatic carbocycles. The van der Waals surface area contributed by atoms with E-state index in [-0.39, 0.29) is 5.69 Å². The molecule has 0 amide bonds. The summed E-state index contributed by atoms with van der Waals surface area (Å²) in [5, 5.41) is 4.25. The Morgan fingerprint density at radius 2 is 2.10 bits per heavy atom. The highest BCUT2D eigenvalue weighted by molar-refractivity contribution is 7.18. The molecule has 0 fully saturated rings. The Morgan fingerprint density at radius 3 is 2.81 bits per heavy atom. The molecule has 4 nitrogen and oxygen atoms in total. The molecule has 0 bridgehead atoms. The Hall–Kier alpha value is -2.08. The Labute approximate surface area is 126 Å². The summed E-state index contributed by atoms with van der Waals surface area (Å²) in [4.78, 5) is 15.1. The summed E-state index contributed by atoms with van der Waals surface area (Å²) in [6.45, 7) is 6.85. The fourth-order valence-corrected chi connectivity index (χ4v) is 3.23. The van der Waals surface area contributed by atoms with Gasteiger partial charge in [0.2, 0.25) is 0 Å². The minimum atomic E-state index is -0.413. The van der Waals surface area contributed by atoms with Crippen molar-refractivity contribution in [1.29, 1.82) is 0 Å². The van der Waals surface area contributed by atoms with Crippen LogP contribution in [0.15, 0.2) is 18.3 Å². The standard InChI is InChI=1S/C15H15FN4S/c1-4-17-13-11-8(2)9(3)21-15(11)20-14(19-13)12-10(16)6-5-7-18-12/h5-7H,4H2,1-3H3,(H,17,19,20). The normalized spacial score (nSPS) is 11.0. The van der Waals surface area contributed by atoms with Gasteiger partial charge in [-0.25, -0.2) is 19.3 Å². The number of aryl methyl sites for hydroxylation is 2. The van der Waals surface area contributed by atoms with Gasteiger partial charge < -0.3 is 5.32 Å². The average Bonchev–Trinajstić information content (AvgIpc) is 2.75. The maximum atomic E-state index is 13.9. The number of halogens is 1. The lowest BCUT2D eigenvalue weighted by atomic mass is 10.2. The maximum absolute atomic E-state index is 13.9. The number of rotatable bonds is 3. The summed E-state index contributed by atoms with van der Waals surface area (Å²) >= 11 is 1.59. The summed E-state index contributed by atoms with van der Waals surface area (Å²) in [6, 6.07) is 2.93. The van der Waals surface area contributed by atoms with Crippen molar-refractivity contribution in [3.63, 3.8) is 0 Å². The van der Waals surface area contributed by atoms with E-state index in [2.05, 4.69) is 34.1 Å². The van der Waals surface area contributed by atoms with Gasteiger partial charge in [-0.15, -0.1) is 11.3 Å². The first kappa shape index (κ1) is 13.9. The zero-order chi connectivity index (χ0) is 15.0. The second kappa shape index (κ2) is 5.37. The molecule has 3 aromatic heterocycles. The van der Waals surface area contributed by atoms with E-state index in [1.54, 1.807) is 23.6 Å². The summed E-state index contributed by atoms with van der Waals surface area (Å²) < 4.78 is 13.9. The van der Waals surface area contributed by atoms with E-state index in [1.165, 1.54) is 16.5 Å². The van der Waals surface area contributed by atoms with Gasteiger partial charge >= 0.3 is 0 Å². The molecule has 0 aromatic carbocycles. The zero-order valence-corrected chi connectivity index (χ0v) is 12.9. The molecule has 3 rings (SSSR count).